The van der Waals surface area contributed by atoms with Gasteiger partial charge in [-0.05, 0) is 31.2 Å². The van der Waals surface area contributed by atoms with Crippen LogP contribution in [0.1, 0.15) is 26.4 Å². The van der Waals surface area contributed by atoms with Gasteiger partial charge in [-0.2, -0.15) is 0 Å². The van der Waals surface area contributed by atoms with E-state index in [0.29, 0.717) is 38.5 Å². The molecule has 0 spiro atoms. The normalized spacial score (nSPS) is 10.7. The summed E-state index contributed by atoms with van der Waals surface area (Å²) in [5.74, 6) is -0.274. The lowest BCUT2D eigenvalue weighted by atomic mass is 10.1. The Labute approximate surface area is 149 Å². The monoisotopic (exact) mass is 357 g/mol. The van der Waals surface area contributed by atoms with Crippen LogP contribution >= 0.6 is 11.6 Å². The zero-order valence-corrected chi connectivity index (χ0v) is 14.8. The summed E-state index contributed by atoms with van der Waals surface area (Å²) < 4.78 is 11.5. The number of halogens is 1. The molecule has 3 aromatic rings. The van der Waals surface area contributed by atoms with E-state index < -0.39 is 5.97 Å². The minimum Gasteiger partial charge on any atom is -0.495 e. The maximum absolute atomic E-state index is 13.1. The van der Waals surface area contributed by atoms with Gasteiger partial charge in [-0.1, -0.05) is 29.8 Å². The standard InChI is InChI=1S/C19H16ClNO4/c1-11-17(19(23)25-3)13-6-4-5-7-15(13)21(11)18(22)12-8-9-16(24-2)14(20)10-12/h4-10H,1-3H3. The number of esters is 1. The highest BCUT2D eigenvalue weighted by atomic mass is 35.5. The van der Waals surface area contributed by atoms with Crippen molar-refractivity contribution in [2.24, 2.45) is 0 Å². The Morgan fingerprint density at radius 3 is 2.44 bits per heavy atom. The molecule has 0 saturated carbocycles. The van der Waals surface area contributed by atoms with Crippen LogP contribution < -0.4 is 4.74 Å². The van der Waals surface area contributed by atoms with Gasteiger partial charge in [0.25, 0.3) is 5.91 Å². The molecule has 0 aliphatic carbocycles. The van der Waals surface area contributed by atoms with Crippen LogP contribution in [-0.2, 0) is 4.74 Å². The van der Waals surface area contributed by atoms with Crippen molar-refractivity contribution in [2.45, 2.75) is 6.92 Å². The van der Waals surface area contributed by atoms with Gasteiger partial charge in [-0.15, -0.1) is 0 Å². The van der Waals surface area contributed by atoms with E-state index >= 15 is 0 Å². The van der Waals surface area contributed by atoms with Crippen LogP contribution in [0.25, 0.3) is 10.9 Å². The van der Waals surface area contributed by atoms with Crippen LogP contribution in [0.15, 0.2) is 42.5 Å². The summed E-state index contributed by atoms with van der Waals surface area (Å²) in [4.78, 5) is 25.2. The summed E-state index contributed by atoms with van der Waals surface area (Å²) in [6.07, 6.45) is 0. The van der Waals surface area contributed by atoms with Gasteiger partial charge in [0.1, 0.15) is 5.75 Å². The van der Waals surface area contributed by atoms with Gasteiger partial charge in [-0.3, -0.25) is 9.36 Å². The topological polar surface area (TPSA) is 57.5 Å². The molecule has 128 valence electrons. The maximum Gasteiger partial charge on any atom is 0.340 e. The largest absolute Gasteiger partial charge is 0.495 e. The van der Waals surface area contributed by atoms with E-state index in [9.17, 15) is 9.59 Å². The van der Waals surface area contributed by atoms with Crippen LogP contribution in [0.4, 0.5) is 0 Å². The molecule has 0 amide bonds. The van der Waals surface area contributed by atoms with Crippen LogP contribution in [0.5, 0.6) is 5.75 Å². The van der Waals surface area contributed by atoms with Crippen molar-refractivity contribution < 1.29 is 19.1 Å². The summed E-state index contributed by atoms with van der Waals surface area (Å²) in [5, 5.41) is 1.01. The van der Waals surface area contributed by atoms with E-state index in [4.69, 9.17) is 21.1 Å². The van der Waals surface area contributed by atoms with Crippen molar-refractivity contribution in [1.29, 1.82) is 0 Å². The molecule has 5 nitrogen and oxygen atoms in total. The van der Waals surface area contributed by atoms with Gasteiger partial charge in [0.15, 0.2) is 0 Å². The maximum atomic E-state index is 13.1. The lowest BCUT2D eigenvalue weighted by molar-refractivity contribution is 0.0602. The number of para-hydroxylation sites is 1. The van der Waals surface area contributed by atoms with E-state index in [1.165, 1.54) is 18.8 Å². The van der Waals surface area contributed by atoms with Gasteiger partial charge in [0, 0.05) is 16.6 Å². The number of nitrogens with zero attached hydrogens (tertiary/aromatic N) is 1. The molecular weight excluding hydrogens is 342 g/mol. The predicted octanol–water partition coefficient (Wildman–Crippen LogP) is 4.09. The van der Waals surface area contributed by atoms with E-state index in [1.54, 1.807) is 37.3 Å². The predicted molar refractivity (Wildman–Crippen MR) is 95.7 cm³/mol. The number of fused-ring (bicyclic) bond motifs is 1. The number of hydrogen-bond acceptors (Lipinski definition) is 4. The van der Waals surface area contributed by atoms with E-state index in [-0.39, 0.29) is 5.91 Å². The number of carbonyl (C=O) groups excluding carboxylic acids is 2. The van der Waals surface area contributed by atoms with Crippen LogP contribution in [0, 0.1) is 6.92 Å². The quantitative estimate of drug-likeness (QED) is 0.662. The molecule has 6 heteroatoms. The molecule has 0 aliphatic heterocycles. The van der Waals surface area contributed by atoms with Crippen molar-refractivity contribution in [3.8, 4) is 5.75 Å². The first-order valence-electron chi connectivity index (χ1n) is 7.56. The minimum absolute atomic E-state index is 0.284. The average Bonchev–Trinajstić information content (AvgIpc) is 2.92. The fraction of sp³-hybridized carbons (Fsp3) is 0.158. The first-order valence-corrected chi connectivity index (χ1v) is 7.94. The Morgan fingerprint density at radius 2 is 1.80 bits per heavy atom. The summed E-state index contributed by atoms with van der Waals surface area (Å²) in [6, 6.07) is 12.0. The molecule has 25 heavy (non-hydrogen) atoms. The van der Waals surface area contributed by atoms with Crippen molar-refractivity contribution in [3.63, 3.8) is 0 Å². The second kappa shape index (κ2) is 6.61. The number of carbonyl (C=O) groups is 2. The third kappa shape index (κ3) is 2.76. The molecule has 0 radical (unpaired) electrons. The Hall–Kier alpha value is -2.79. The van der Waals surface area contributed by atoms with Gasteiger partial charge in [0.05, 0.1) is 30.3 Å². The van der Waals surface area contributed by atoms with Crippen LogP contribution in [0.2, 0.25) is 5.02 Å². The molecule has 1 aromatic heterocycles. The Balaban J connectivity index is 2.22. The van der Waals surface area contributed by atoms with E-state index in [1.807, 2.05) is 12.1 Å². The molecule has 0 bridgehead atoms. The number of methoxy groups -OCH3 is 2. The van der Waals surface area contributed by atoms with Crippen molar-refractivity contribution >= 4 is 34.4 Å². The fourth-order valence-electron chi connectivity index (χ4n) is 2.92. The van der Waals surface area contributed by atoms with Gasteiger partial charge in [-0.25, -0.2) is 4.79 Å². The van der Waals surface area contributed by atoms with Crippen molar-refractivity contribution in [2.75, 3.05) is 14.2 Å². The summed E-state index contributed by atoms with van der Waals surface area (Å²) in [6.45, 7) is 1.72. The Morgan fingerprint density at radius 1 is 1.08 bits per heavy atom. The molecule has 0 fully saturated rings. The highest BCUT2D eigenvalue weighted by molar-refractivity contribution is 6.32. The zero-order chi connectivity index (χ0) is 18.1. The number of ether oxygens (including phenoxy) is 2. The number of hydrogen-bond donors (Lipinski definition) is 0. The lowest BCUT2D eigenvalue weighted by Crippen LogP contribution is -2.14. The third-order valence-electron chi connectivity index (χ3n) is 4.10. The Kier molecular flexibility index (Phi) is 4.51. The lowest BCUT2D eigenvalue weighted by Gasteiger charge is -2.09. The SMILES string of the molecule is COC(=O)c1c(C)n(C(=O)c2ccc(OC)c(Cl)c2)c2ccccc12. The second-order valence-corrected chi connectivity index (χ2v) is 5.87. The summed E-state index contributed by atoms with van der Waals surface area (Å²) >= 11 is 6.14. The highest BCUT2D eigenvalue weighted by Crippen LogP contribution is 2.29. The van der Waals surface area contributed by atoms with Gasteiger partial charge < -0.3 is 9.47 Å². The van der Waals surface area contributed by atoms with Crippen molar-refractivity contribution in [3.05, 3.63) is 64.3 Å². The first-order chi connectivity index (χ1) is 12.0. The minimum atomic E-state index is -0.479. The van der Waals surface area contributed by atoms with E-state index in [0.717, 1.165) is 0 Å². The second-order valence-electron chi connectivity index (χ2n) is 5.46. The molecule has 2 aromatic carbocycles. The van der Waals surface area contributed by atoms with E-state index in [2.05, 4.69) is 0 Å². The zero-order valence-electron chi connectivity index (χ0n) is 14.0. The van der Waals surface area contributed by atoms with Crippen LogP contribution in [-0.4, -0.2) is 30.7 Å². The molecule has 0 saturated heterocycles. The number of aromatic nitrogens is 1. The van der Waals surface area contributed by atoms with Crippen molar-refractivity contribution in [1.82, 2.24) is 4.57 Å². The Bertz CT molecular complexity index is 990. The number of rotatable bonds is 3. The molecule has 0 aliphatic rings. The third-order valence-corrected chi connectivity index (χ3v) is 4.40. The fourth-order valence-corrected chi connectivity index (χ4v) is 3.18. The molecule has 3 rings (SSSR count). The van der Waals surface area contributed by atoms with Gasteiger partial charge >= 0.3 is 5.97 Å². The number of benzene rings is 2. The van der Waals surface area contributed by atoms with Crippen LogP contribution in [0.3, 0.4) is 0 Å². The van der Waals surface area contributed by atoms with Gasteiger partial charge in [0.2, 0.25) is 0 Å². The average molecular weight is 358 g/mol. The highest BCUT2D eigenvalue weighted by Gasteiger charge is 2.24. The molecule has 0 N–H and O–H groups in total. The smallest absolute Gasteiger partial charge is 0.340 e. The first kappa shape index (κ1) is 17.0. The molecule has 0 atom stereocenters. The molecule has 1 heterocycles. The molecule has 0 unspecified atom stereocenters. The summed E-state index contributed by atoms with van der Waals surface area (Å²) in [7, 11) is 2.83. The molecular formula is C19H16ClNO4. The summed E-state index contributed by atoms with van der Waals surface area (Å²) in [5.41, 5.74) is 1.93.